The lowest BCUT2D eigenvalue weighted by Crippen LogP contribution is -2.59. The number of hydrogen-bond donors (Lipinski definition) is 1. The van der Waals surface area contributed by atoms with Gasteiger partial charge in [0, 0.05) is 12.5 Å². The van der Waals surface area contributed by atoms with E-state index in [0.29, 0.717) is 0 Å². The van der Waals surface area contributed by atoms with Gasteiger partial charge >= 0.3 is 0 Å². The summed E-state index contributed by atoms with van der Waals surface area (Å²) >= 11 is 0. The summed E-state index contributed by atoms with van der Waals surface area (Å²) in [5, 5.41) is 3.14. The zero-order valence-corrected chi connectivity index (χ0v) is 8.59. The first-order valence-electron chi connectivity index (χ1n) is 5.79. The lowest BCUT2D eigenvalue weighted by molar-refractivity contribution is -0.122. The van der Waals surface area contributed by atoms with Gasteiger partial charge in [-0.25, -0.2) is 0 Å². The van der Waals surface area contributed by atoms with Crippen molar-refractivity contribution in [3.63, 3.8) is 0 Å². The van der Waals surface area contributed by atoms with Crippen LogP contribution in [0.1, 0.15) is 38.5 Å². The molecule has 14 heavy (non-hydrogen) atoms. The monoisotopic (exact) mass is 192 g/mol. The third-order valence-electron chi connectivity index (χ3n) is 4.44. The van der Waals surface area contributed by atoms with Crippen molar-refractivity contribution in [2.45, 2.75) is 44.1 Å². The molecule has 4 aliphatic carbocycles. The van der Waals surface area contributed by atoms with Crippen LogP contribution in [0, 0.1) is 24.7 Å². The van der Waals surface area contributed by atoms with Crippen LogP contribution in [-0.4, -0.2) is 11.4 Å². The molecule has 1 N–H and O–H groups in total. The predicted octanol–water partition coefficient (Wildman–Crippen LogP) is 1.91. The van der Waals surface area contributed by atoms with Crippen LogP contribution in [-0.2, 0) is 4.79 Å². The molecule has 0 aromatic heterocycles. The summed E-state index contributed by atoms with van der Waals surface area (Å²) in [6.07, 6.45) is 7.94. The minimum Gasteiger partial charge on any atom is -0.351 e. The highest BCUT2D eigenvalue weighted by Gasteiger charge is 2.51. The number of carbonyl (C=O) groups is 1. The van der Waals surface area contributed by atoms with E-state index in [1.165, 1.54) is 38.5 Å². The number of carbonyl (C=O) groups excluding carboxylic acids is 1. The van der Waals surface area contributed by atoms with Gasteiger partial charge in [0.15, 0.2) is 0 Å². The molecule has 0 spiro atoms. The summed E-state index contributed by atoms with van der Waals surface area (Å²) < 4.78 is 0. The molecule has 4 saturated carbocycles. The van der Waals surface area contributed by atoms with E-state index in [0.717, 1.165) is 17.8 Å². The zero-order chi connectivity index (χ0) is 9.76. The maximum Gasteiger partial charge on any atom is 0.220 e. The fourth-order valence-electron chi connectivity index (χ4n) is 4.56. The van der Waals surface area contributed by atoms with Crippen LogP contribution in [0.15, 0.2) is 0 Å². The number of hydrogen-bond acceptors (Lipinski definition) is 1. The molecule has 0 aromatic carbocycles. The van der Waals surface area contributed by atoms with E-state index in [9.17, 15) is 4.79 Å². The summed E-state index contributed by atoms with van der Waals surface area (Å²) in [5.41, 5.74) is 0.160. The molecular weight excluding hydrogens is 174 g/mol. The molecule has 4 aliphatic rings. The molecule has 4 bridgehead atoms. The van der Waals surface area contributed by atoms with E-state index >= 15 is 0 Å². The van der Waals surface area contributed by atoms with Crippen molar-refractivity contribution in [3.8, 4) is 0 Å². The number of nitrogens with one attached hydrogen (secondary N) is 1. The Morgan fingerprint density at radius 2 is 1.50 bits per heavy atom. The van der Waals surface area contributed by atoms with Crippen molar-refractivity contribution >= 4 is 5.91 Å². The molecule has 0 saturated heterocycles. The number of amides is 1. The standard InChI is InChI=1S/C12H18NO/c1-8(14)13-12-5-9-2-10(6-12)4-11(3-9)7-12/h9-11H,1-7H2,(H,13,14). The van der Waals surface area contributed by atoms with Crippen molar-refractivity contribution in [2.24, 2.45) is 17.8 Å². The molecule has 0 unspecified atom stereocenters. The largest absolute Gasteiger partial charge is 0.351 e. The lowest BCUT2D eigenvalue weighted by Gasteiger charge is -2.56. The molecule has 0 atom stereocenters. The second kappa shape index (κ2) is 2.74. The van der Waals surface area contributed by atoms with Gasteiger partial charge in [-0.2, -0.15) is 0 Å². The van der Waals surface area contributed by atoms with Gasteiger partial charge in [0.2, 0.25) is 5.91 Å². The molecular formula is C12H18NO. The Kier molecular flexibility index (Phi) is 1.71. The highest BCUT2D eigenvalue weighted by molar-refractivity contribution is 5.80. The smallest absolute Gasteiger partial charge is 0.220 e. The molecule has 0 aliphatic heterocycles. The van der Waals surface area contributed by atoms with Crippen molar-refractivity contribution in [1.82, 2.24) is 5.32 Å². The fraction of sp³-hybridized carbons (Fsp3) is 0.833. The van der Waals surface area contributed by atoms with Gasteiger partial charge < -0.3 is 5.32 Å². The van der Waals surface area contributed by atoms with Gasteiger partial charge in [-0.1, -0.05) is 0 Å². The zero-order valence-electron chi connectivity index (χ0n) is 8.59. The summed E-state index contributed by atoms with van der Waals surface area (Å²) in [6.45, 7) is 3.46. The fourth-order valence-corrected chi connectivity index (χ4v) is 4.56. The predicted molar refractivity (Wildman–Crippen MR) is 54.4 cm³/mol. The van der Waals surface area contributed by atoms with Crippen LogP contribution in [0.4, 0.5) is 0 Å². The summed E-state index contributed by atoms with van der Waals surface area (Å²) in [7, 11) is 0. The molecule has 2 nitrogen and oxygen atoms in total. The molecule has 0 aromatic rings. The van der Waals surface area contributed by atoms with Crippen LogP contribution in [0.2, 0.25) is 0 Å². The van der Waals surface area contributed by atoms with Crippen LogP contribution in [0.3, 0.4) is 0 Å². The quantitative estimate of drug-likeness (QED) is 0.675. The average molecular weight is 192 g/mol. The first-order valence-corrected chi connectivity index (χ1v) is 5.79. The Labute approximate surface area is 85.4 Å². The molecule has 4 fully saturated rings. The first-order chi connectivity index (χ1) is 6.65. The van der Waals surface area contributed by atoms with E-state index in [4.69, 9.17) is 0 Å². The Hall–Kier alpha value is -0.530. The molecule has 1 radical (unpaired) electrons. The van der Waals surface area contributed by atoms with Crippen LogP contribution in [0.5, 0.6) is 0 Å². The molecule has 0 heterocycles. The van der Waals surface area contributed by atoms with Crippen LogP contribution in [0.25, 0.3) is 0 Å². The lowest BCUT2D eigenvalue weighted by atomic mass is 9.53. The van der Waals surface area contributed by atoms with E-state index in [1.807, 2.05) is 0 Å². The Morgan fingerprint density at radius 3 is 1.86 bits per heavy atom. The normalized spacial score (nSPS) is 49.4. The maximum atomic E-state index is 11.1. The van der Waals surface area contributed by atoms with E-state index < -0.39 is 0 Å². The van der Waals surface area contributed by atoms with Crippen LogP contribution < -0.4 is 5.32 Å². The minimum absolute atomic E-state index is 0.0769. The Balaban J connectivity index is 1.83. The highest BCUT2D eigenvalue weighted by Crippen LogP contribution is 2.55. The van der Waals surface area contributed by atoms with Gasteiger partial charge in [-0.05, 0) is 56.3 Å². The third kappa shape index (κ3) is 1.27. The van der Waals surface area contributed by atoms with E-state index in [2.05, 4.69) is 12.2 Å². The topological polar surface area (TPSA) is 29.1 Å². The van der Waals surface area contributed by atoms with Crippen molar-refractivity contribution in [2.75, 3.05) is 0 Å². The van der Waals surface area contributed by atoms with Gasteiger partial charge in [0.1, 0.15) is 0 Å². The second-order valence-electron chi connectivity index (χ2n) is 5.75. The van der Waals surface area contributed by atoms with E-state index in [1.54, 1.807) is 0 Å². The van der Waals surface area contributed by atoms with Crippen LogP contribution >= 0.6 is 0 Å². The summed E-state index contributed by atoms with van der Waals surface area (Å²) in [4.78, 5) is 11.1. The highest BCUT2D eigenvalue weighted by atomic mass is 16.1. The second-order valence-corrected chi connectivity index (χ2v) is 5.75. The summed E-state index contributed by atoms with van der Waals surface area (Å²) in [5.74, 6) is 2.61. The van der Waals surface area contributed by atoms with Crippen molar-refractivity contribution < 1.29 is 4.79 Å². The molecule has 77 valence electrons. The minimum atomic E-state index is -0.0769. The molecule has 2 heteroatoms. The Bertz CT molecular complexity index is 236. The number of rotatable bonds is 1. The van der Waals surface area contributed by atoms with Crippen molar-refractivity contribution in [1.29, 1.82) is 0 Å². The van der Waals surface area contributed by atoms with Gasteiger partial charge in [0.05, 0.1) is 0 Å². The Morgan fingerprint density at radius 1 is 1.07 bits per heavy atom. The maximum absolute atomic E-state index is 11.1. The molecule has 4 rings (SSSR count). The SMILES string of the molecule is [CH2]C(=O)NC12CC3CC(CC(C3)C1)C2. The average Bonchev–Trinajstić information content (AvgIpc) is 1.96. The van der Waals surface area contributed by atoms with Gasteiger partial charge in [-0.3, -0.25) is 4.79 Å². The first kappa shape index (κ1) is 8.75. The van der Waals surface area contributed by atoms with E-state index in [-0.39, 0.29) is 11.4 Å². The van der Waals surface area contributed by atoms with Gasteiger partial charge in [0.25, 0.3) is 0 Å². The third-order valence-corrected chi connectivity index (χ3v) is 4.44. The summed E-state index contributed by atoms with van der Waals surface area (Å²) in [6, 6.07) is 0. The van der Waals surface area contributed by atoms with Crippen molar-refractivity contribution in [3.05, 3.63) is 6.92 Å². The van der Waals surface area contributed by atoms with Gasteiger partial charge in [-0.15, -0.1) is 0 Å². The molecule has 1 amide bonds.